The molecular weight excluding hydrogens is 270 g/mol. The van der Waals surface area contributed by atoms with Crippen molar-refractivity contribution < 1.29 is 9.53 Å². The Hall–Kier alpha value is -0.820. The molecule has 1 aliphatic rings. The molecule has 0 bridgehead atoms. The number of aromatic nitrogens is 1. The van der Waals surface area contributed by atoms with Crippen LogP contribution in [-0.4, -0.2) is 30.3 Å². The van der Waals surface area contributed by atoms with Crippen molar-refractivity contribution in [3.8, 4) is 0 Å². The van der Waals surface area contributed by atoms with E-state index in [1.807, 2.05) is 0 Å². The molecule has 1 aromatic rings. The van der Waals surface area contributed by atoms with Crippen LogP contribution in [0.25, 0.3) is 0 Å². The molecule has 1 atom stereocenters. The summed E-state index contributed by atoms with van der Waals surface area (Å²) in [6.07, 6.45) is 1.38. The number of anilines is 1. The normalized spacial score (nSPS) is 20.4. The largest absolute Gasteiger partial charge is 0.447 e. The molecule has 5 nitrogen and oxygen atoms in total. The minimum atomic E-state index is -0.350. The Labute approximate surface area is 93.0 Å². The summed E-state index contributed by atoms with van der Waals surface area (Å²) in [5, 5.41) is 6.61. The number of rotatable bonds is 3. The van der Waals surface area contributed by atoms with E-state index < -0.39 is 0 Å². The SMILES string of the molecule is O=C1NC(CNc2ncc(Br)s2)CO1. The number of ether oxygens (including phenoxy) is 1. The Bertz CT molecular complexity index is 343. The highest BCUT2D eigenvalue weighted by molar-refractivity contribution is 9.11. The second-order valence-corrected chi connectivity index (χ2v) is 5.20. The van der Waals surface area contributed by atoms with Gasteiger partial charge in [0.2, 0.25) is 0 Å². The summed E-state index contributed by atoms with van der Waals surface area (Å²) in [5.74, 6) is 0. The van der Waals surface area contributed by atoms with E-state index in [0.717, 1.165) is 8.92 Å². The van der Waals surface area contributed by atoms with Crippen LogP contribution in [0, 0.1) is 0 Å². The maximum absolute atomic E-state index is 10.7. The molecular formula is C7H8BrN3O2S. The number of carbonyl (C=O) groups is 1. The molecule has 0 spiro atoms. The Morgan fingerprint density at radius 2 is 2.71 bits per heavy atom. The van der Waals surface area contributed by atoms with Crippen LogP contribution < -0.4 is 10.6 Å². The Balaban J connectivity index is 1.80. The van der Waals surface area contributed by atoms with Gasteiger partial charge in [0.05, 0.1) is 16.0 Å². The standard InChI is InChI=1S/C7H8BrN3O2S/c8-5-2-10-6(14-5)9-1-4-3-13-7(12)11-4/h2,4H,1,3H2,(H,9,10)(H,11,12). The zero-order valence-corrected chi connectivity index (χ0v) is 9.52. The quantitative estimate of drug-likeness (QED) is 0.878. The first-order chi connectivity index (χ1) is 6.74. The lowest BCUT2D eigenvalue weighted by Crippen LogP contribution is -2.32. The molecule has 7 heteroatoms. The van der Waals surface area contributed by atoms with Gasteiger partial charge in [-0.25, -0.2) is 9.78 Å². The maximum Gasteiger partial charge on any atom is 0.407 e. The molecule has 2 rings (SSSR count). The third kappa shape index (κ3) is 2.36. The summed E-state index contributed by atoms with van der Waals surface area (Å²) in [6.45, 7) is 1.05. The van der Waals surface area contributed by atoms with Crippen LogP contribution in [0.4, 0.5) is 9.93 Å². The zero-order chi connectivity index (χ0) is 9.97. The third-order valence-electron chi connectivity index (χ3n) is 1.71. The number of hydrogen-bond acceptors (Lipinski definition) is 5. The van der Waals surface area contributed by atoms with Crippen LogP contribution in [0.3, 0.4) is 0 Å². The smallest absolute Gasteiger partial charge is 0.407 e. The summed E-state index contributed by atoms with van der Waals surface area (Å²) < 4.78 is 5.72. The zero-order valence-electron chi connectivity index (χ0n) is 7.12. The number of carbonyl (C=O) groups excluding carboxylic acids is 1. The predicted octanol–water partition coefficient (Wildman–Crippen LogP) is 1.43. The van der Waals surface area contributed by atoms with E-state index in [9.17, 15) is 4.79 Å². The van der Waals surface area contributed by atoms with Gasteiger partial charge in [-0.15, -0.1) is 0 Å². The average molecular weight is 278 g/mol. The van der Waals surface area contributed by atoms with Gasteiger partial charge in [0.15, 0.2) is 5.13 Å². The van der Waals surface area contributed by atoms with E-state index in [4.69, 9.17) is 4.74 Å². The molecule has 1 aliphatic heterocycles. The van der Waals surface area contributed by atoms with Gasteiger partial charge in [-0.1, -0.05) is 11.3 Å². The van der Waals surface area contributed by atoms with Gasteiger partial charge in [0.1, 0.15) is 6.61 Å². The van der Waals surface area contributed by atoms with Gasteiger partial charge < -0.3 is 15.4 Å². The van der Waals surface area contributed by atoms with Crippen molar-refractivity contribution in [1.82, 2.24) is 10.3 Å². The van der Waals surface area contributed by atoms with Crippen LogP contribution >= 0.6 is 27.3 Å². The van der Waals surface area contributed by atoms with Crippen molar-refractivity contribution in [3.63, 3.8) is 0 Å². The van der Waals surface area contributed by atoms with E-state index in [0.29, 0.717) is 13.2 Å². The average Bonchev–Trinajstić information content (AvgIpc) is 2.72. The van der Waals surface area contributed by atoms with Crippen molar-refractivity contribution in [2.45, 2.75) is 6.04 Å². The molecule has 1 fully saturated rings. The van der Waals surface area contributed by atoms with Crippen LogP contribution in [0.5, 0.6) is 0 Å². The summed E-state index contributed by atoms with van der Waals surface area (Å²) in [5.41, 5.74) is 0. The van der Waals surface area contributed by atoms with Gasteiger partial charge in [0.25, 0.3) is 0 Å². The second kappa shape index (κ2) is 4.14. The second-order valence-electron chi connectivity index (χ2n) is 2.79. The van der Waals surface area contributed by atoms with E-state index >= 15 is 0 Å². The minimum Gasteiger partial charge on any atom is -0.447 e. The first-order valence-electron chi connectivity index (χ1n) is 4.02. The molecule has 1 unspecified atom stereocenters. The molecule has 14 heavy (non-hydrogen) atoms. The number of nitrogens with zero attached hydrogens (tertiary/aromatic N) is 1. The van der Waals surface area contributed by atoms with Crippen molar-refractivity contribution in [1.29, 1.82) is 0 Å². The number of cyclic esters (lactones) is 1. The highest BCUT2D eigenvalue weighted by Gasteiger charge is 2.21. The monoisotopic (exact) mass is 277 g/mol. The third-order valence-corrected chi connectivity index (χ3v) is 3.15. The molecule has 1 amide bonds. The number of halogens is 1. The molecule has 1 aromatic heterocycles. The Morgan fingerprint density at radius 1 is 1.86 bits per heavy atom. The fourth-order valence-corrected chi connectivity index (χ4v) is 2.20. The summed E-state index contributed by atoms with van der Waals surface area (Å²) in [6, 6.07) is 0.0326. The van der Waals surface area contributed by atoms with E-state index in [-0.39, 0.29) is 12.1 Å². The fraction of sp³-hybridized carbons (Fsp3) is 0.429. The Kier molecular flexibility index (Phi) is 2.87. The van der Waals surface area contributed by atoms with Gasteiger partial charge in [0, 0.05) is 6.54 Å². The lowest BCUT2D eigenvalue weighted by atomic mass is 10.3. The summed E-state index contributed by atoms with van der Waals surface area (Å²) in [4.78, 5) is 14.8. The molecule has 2 heterocycles. The summed E-state index contributed by atoms with van der Waals surface area (Å²) in [7, 11) is 0. The van der Waals surface area contributed by atoms with Gasteiger partial charge in [-0.05, 0) is 15.9 Å². The van der Waals surface area contributed by atoms with Crippen molar-refractivity contribution in [2.75, 3.05) is 18.5 Å². The fourth-order valence-electron chi connectivity index (χ4n) is 1.08. The van der Waals surface area contributed by atoms with Crippen molar-refractivity contribution in [3.05, 3.63) is 9.98 Å². The first kappa shape index (κ1) is 9.72. The number of amides is 1. The van der Waals surface area contributed by atoms with Crippen molar-refractivity contribution in [2.24, 2.45) is 0 Å². The van der Waals surface area contributed by atoms with E-state index in [1.165, 1.54) is 11.3 Å². The number of alkyl carbamates (subject to hydrolysis) is 1. The van der Waals surface area contributed by atoms with Gasteiger partial charge >= 0.3 is 6.09 Å². The highest BCUT2D eigenvalue weighted by atomic mass is 79.9. The van der Waals surface area contributed by atoms with E-state index in [2.05, 4.69) is 31.5 Å². The lowest BCUT2D eigenvalue weighted by molar-refractivity contribution is 0.177. The van der Waals surface area contributed by atoms with Crippen LogP contribution in [0.15, 0.2) is 9.98 Å². The van der Waals surface area contributed by atoms with Crippen LogP contribution in [0.1, 0.15) is 0 Å². The summed E-state index contributed by atoms with van der Waals surface area (Å²) >= 11 is 4.83. The topological polar surface area (TPSA) is 63.2 Å². The van der Waals surface area contributed by atoms with Crippen LogP contribution in [0.2, 0.25) is 0 Å². The molecule has 0 aliphatic carbocycles. The lowest BCUT2D eigenvalue weighted by Gasteiger charge is -2.06. The molecule has 0 saturated carbocycles. The Morgan fingerprint density at radius 3 is 3.29 bits per heavy atom. The number of nitrogens with one attached hydrogen (secondary N) is 2. The van der Waals surface area contributed by atoms with E-state index in [1.54, 1.807) is 6.20 Å². The first-order valence-corrected chi connectivity index (χ1v) is 5.63. The number of hydrogen-bond donors (Lipinski definition) is 2. The highest BCUT2D eigenvalue weighted by Crippen LogP contribution is 2.22. The molecule has 2 N–H and O–H groups in total. The molecule has 1 saturated heterocycles. The van der Waals surface area contributed by atoms with Gasteiger partial charge in [-0.2, -0.15) is 0 Å². The van der Waals surface area contributed by atoms with Gasteiger partial charge in [-0.3, -0.25) is 0 Å². The molecule has 0 radical (unpaired) electrons. The predicted molar refractivity (Wildman–Crippen MR) is 56.6 cm³/mol. The molecule has 76 valence electrons. The van der Waals surface area contributed by atoms with Crippen LogP contribution in [-0.2, 0) is 4.74 Å². The molecule has 0 aromatic carbocycles. The van der Waals surface area contributed by atoms with Crippen molar-refractivity contribution >= 4 is 38.5 Å². The maximum atomic E-state index is 10.7. The minimum absolute atomic E-state index is 0.0326. The number of thiazole rings is 1.